The maximum absolute atomic E-state index is 13.1. The Hall–Kier alpha value is -0.880. The minimum atomic E-state index is -1.16. The Bertz CT molecular complexity index is 512. The molecule has 1 atom stereocenters. The van der Waals surface area contributed by atoms with Gasteiger partial charge < -0.3 is 5.32 Å². The Balaban J connectivity index is 2.23. The zero-order valence-corrected chi connectivity index (χ0v) is 16.2. The molecule has 3 heteroatoms. The van der Waals surface area contributed by atoms with Gasteiger partial charge in [0.25, 0.3) is 5.91 Å². The number of rotatable bonds is 5. The van der Waals surface area contributed by atoms with E-state index in [0.29, 0.717) is 0 Å². The first kappa shape index (κ1) is 18.5. The van der Waals surface area contributed by atoms with Crippen LogP contribution < -0.4 is 5.32 Å². The third-order valence-corrected chi connectivity index (χ3v) is 11.3. The largest absolute Gasteiger partial charge is 0.322 e. The minimum absolute atomic E-state index is 0.240. The molecule has 2 rings (SSSR count). The van der Waals surface area contributed by atoms with Crippen molar-refractivity contribution in [1.82, 2.24) is 0 Å². The molecule has 2 nitrogen and oxygen atoms in total. The van der Waals surface area contributed by atoms with Gasteiger partial charge in [-0.25, -0.2) is 0 Å². The quantitative estimate of drug-likeness (QED) is 0.694. The maximum Gasteiger partial charge on any atom is 0.265 e. The van der Waals surface area contributed by atoms with E-state index < -0.39 is 7.26 Å². The number of benzene rings is 1. The van der Waals surface area contributed by atoms with Crippen LogP contribution in [0.15, 0.2) is 18.2 Å². The molecule has 0 saturated carbocycles. The molecule has 1 saturated heterocycles. The van der Waals surface area contributed by atoms with Crippen LogP contribution in [0.5, 0.6) is 0 Å². The van der Waals surface area contributed by atoms with Gasteiger partial charge in [0.2, 0.25) is 0 Å². The molecule has 0 radical (unpaired) electrons. The topological polar surface area (TPSA) is 29.1 Å². The van der Waals surface area contributed by atoms with Crippen LogP contribution in [0.3, 0.4) is 0 Å². The molecule has 1 N–H and O–H groups in total. The molecule has 1 heterocycles. The molecule has 1 amide bonds. The molecule has 1 unspecified atom stereocenters. The third kappa shape index (κ3) is 4.15. The van der Waals surface area contributed by atoms with E-state index in [1.54, 1.807) is 0 Å². The number of hydrogen-bond acceptors (Lipinski definition) is 1. The lowest BCUT2D eigenvalue weighted by Crippen LogP contribution is -2.33. The number of carbonyl (C=O) groups is 1. The summed E-state index contributed by atoms with van der Waals surface area (Å²) in [6.07, 6.45) is 10.2. The molecule has 1 aromatic carbocycles. The molecule has 0 bridgehead atoms. The van der Waals surface area contributed by atoms with Crippen LogP contribution in [0.4, 0.5) is 5.69 Å². The van der Waals surface area contributed by atoms with Gasteiger partial charge in [0.05, 0.1) is 18.5 Å². The Morgan fingerprint density at radius 3 is 2.13 bits per heavy atom. The Morgan fingerprint density at radius 1 is 1.09 bits per heavy atom. The maximum atomic E-state index is 13.1. The van der Waals surface area contributed by atoms with E-state index in [0.717, 1.165) is 23.2 Å². The molecular formula is C20H33NOP+. The van der Waals surface area contributed by atoms with E-state index in [4.69, 9.17) is 0 Å². The number of anilines is 1. The summed E-state index contributed by atoms with van der Waals surface area (Å²) in [4.78, 5) is 13.1. The van der Waals surface area contributed by atoms with Crippen molar-refractivity contribution in [2.45, 2.75) is 65.5 Å². The summed E-state index contributed by atoms with van der Waals surface area (Å²) in [5.41, 5.74) is 3.60. The first-order chi connectivity index (χ1) is 11.0. The molecule has 1 aliphatic heterocycles. The van der Waals surface area contributed by atoms with Crippen LogP contribution in [0, 0.1) is 13.8 Å². The Labute approximate surface area is 142 Å². The lowest BCUT2D eigenvalue weighted by atomic mass is 10.1. The van der Waals surface area contributed by atoms with Crippen molar-refractivity contribution < 1.29 is 4.79 Å². The standard InChI is InChI=1S/C20H32NOP/c1-5-18(23(6-2)14-9-7-8-10-15-23)20(22)21-19-16(3)12-11-13-17(19)4/h11-13,18H,5-10,14-15H2,1-4H3/p+1. The van der Waals surface area contributed by atoms with Crippen LogP contribution in [0.25, 0.3) is 0 Å². The summed E-state index contributed by atoms with van der Waals surface area (Å²) in [6.45, 7) is 8.70. The lowest BCUT2D eigenvalue weighted by Gasteiger charge is -2.32. The van der Waals surface area contributed by atoms with Gasteiger partial charge in [0.1, 0.15) is 5.66 Å². The highest BCUT2D eigenvalue weighted by Gasteiger charge is 2.47. The van der Waals surface area contributed by atoms with Crippen molar-refractivity contribution in [3.05, 3.63) is 29.3 Å². The first-order valence-electron chi connectivity index (χ1n) is 9.27. The lowest BCUT2D eigenvalue weighted by molar-refractivity contribution is -0.115. The summed E-state index contributed by atoms with van der Waals surface area (Å²) in [7, 11) is -1.16. The van der Waals surface area contributed by atoms with E-state index in [-0.39, 0.29) is 11.6 Å². The van der Waals surface area contributed by atoms with Crippen molar-refractivity contribution in [3.8, 4) is 0 Å². The number of aryl methyl sites for hydroxylation is 2. The van der Waals surface area contributed by atoms with Gasteiger partial charge in [0.15, 0.2) is 0 Å². The van der Waals surface area contributed by atoms with Crippen molar-refractivity contribution in [2.75, 3.05) is 23.8 Å². The smallest absolute Gasteiger partial charge is 0.265 e. The first-order valence-corrected chi connectivity index (χ1v) is 11.7. The monoisotopic (exact) mass is 334 g/mol. The minimum Gasteiger partial charge on any atom is -0.322 e. The van der Waals surface area contributed by atoms with Crippen molar-refractivity contribution >= 4 is 18.9 Å². The average molecular weight is 334 g/mol. The SMILES string of the molecule is CCC(C(=O)Nc1c(C)cccc1C)[P+]1(CC)CCCCCC1. The van der Waals surface area contributed by atoms with Crippen LogP contribution in [0.1, 0.15) is 57.1 Å². The van der Waals surface area contributed by atoms with Gasteiger partial charge in [-0.3, -0.25) is 4.79 Å². The third-order valence-electron chi connectivity index (χ3n) is 5.67. The van der Waals surface area contributed by atoms with E-state index in [2.05, 4.69) is 51.2 Å². The van der Waals surface area contributed by atoms with E-state index in [9.17, 15) is 4.79 Å². The summed E-state index contributed by atoms with van der Waals surface area (Å²) < 4.78 is 0. The van der Waals surface area contributed by atoms with Gasteiger partial charge in [-0.15, -0.1) is 0 Å². The number of nitrogens with one attached hydrogen (secondary N) is 1. The van der Waals surface area contributed by atoms with E-state index in [1.165, 1.54) is 44.2 Å². The molecular weight excluding hydrogens is 301 g/mol. The average Bonchev–Trinajstić information content (AvgIpc) is 2.78. The second kappa shape index (κ2) is 8.29. The Morgan fingerprint density at radius 2 is 1.65 bits per heavy atom. The molecule has 1 aromatic rings. The fraction of sp³-hybridized carbons (Fsp3) is 0.650. The summed E-state index contributed by atoms with van der Waals surface area (Å²) in [6, 6.07) is 6.23. The second-order valence-electron chi connectivity index (χ2n) is 7.08. The van der Waals surface area contributed by atoms with Crippen LogP contribution in [0.2, 0.25) is 0 Å². The highest BCUT2D eigenvalue weighted by Crippen LogP contribution is 2.65. The number of carbonyl (C=O) groups excluding carboxylic acids is 1. The second-order valence-corrected chi connectivity index (χ2v) is 11.7. The van der Waals surface area contributed by atoms with Crippen LogP contribution in [-0.4, -0.2) is 30.1 Å². The molecule has 23 heavy (non-hydrogen) atoms. The van der Waals surface area contributed by atoms with Gasteiger partial charge >= 0.3 is 0 Å². The number of amides is 1. The van der Waals surface area contributed by atoms with Crippen molar-refractivity contribution in [3.63, 3.8) is 0 Å². The van der Waals surface area contributed by atoms with Crippen molar-refractivity contribution in [2.24, 2.45) is 0 Å². The van der Waals surface area contributed by atoms with Crippen LogP contribution in [-0.2, 0) is 4.79 Å². The van der Waals surface area contributed by atoms with Gasteiger partial charge in [-0.2, -0.15) is 0 Å². The number of para-hydroxylation sites is 1. The Kier molecular flexibility index (Phi) is 6.65. The van der Waals surface area contributed by atoms with E-state index in [1.807, 2.05) is 0 Å². The fourth-order valence-corrected chi connectivity index (χ4v) is 9.17. The van der Waals surface area contributed by atoms with Crippen LogP contribution >= 0.6 is 7.26 Å². The van der Waals surface area contributed by atoms with Gasteiger partial charge in [0, 0.05) is 12.9 Å². The molecule has 1 aliphatic rings. The molecule has 0 spiro atoms. The molecule has 0 aromatic heterocycles. The summed E-state index contributed by atoms with van der Waals surface area (Å²) >= 11 is 0. The summed E-state index contributed by atoms with van der Waals surface area (Å²) in [5, 5.41) is 3.30. The van der Waals surface area contributed by atoms with Gasteiger partial charge in [-0.05, 0) is 64.0 Å². The predicted molar refractivity (Wildman–Crippen MR) is 104 cm³/mol. The highest BCUT2D eigenvalue weighted by molar-refractivity contribution is 7.77. The zero-order chi connectivity index (χ0) is 16.9. The van der Waals surface area contributed by atoms with Crippen molar-refractivity contribution in [1.29, 1.82) is 0 Å². The summed E-state index contributed by atoms with van der Waals surface area (Å²) in [5.74, 6) is 0.280. The highest BCUT2D eigenvalue weighted by atomic mass is 31.2. The zero-order valence-electron chi connectivity index (χ0n) is 15.3. The van der Waals surface area contributed by atoms with Gasteiger partial charge in [-0.1, -0.05) is 25.1 Å². The fourth-order valence-electron chi connectivity index (χ4n) is 4.21. The normalized spacial score (nSPS) is 19.0. The predicted octanol–water partition coefficient (Wildman–Crippen LogP) is 5.63. The molecule has 1 fully saturated rings. The molecule has 0 aliphatic carbocycles. The number of hydrogen-bond donors (Lipinski definition) is 1. The molecule has 128 valence electrons. The van der Waals surface area contributed by atoms with E-state index >= 15 is 0 Å².